The minimum atomic E-state index is 0.555. The first kappa shape index (κ1) is 13.9. The molecule has 0 bridgehead atoms. The van der Waals surface area contributed by atoms with Gasteiger partial charge in [-0.3, -0.25) is 0 Å². The van der Waals surface area contributed by atoms with Crippen LogP contribution in [0.25, 0.3) is 27.4 Å². The maximum atomic E-state index is 6.14. The summed E-state index contributed by atoms with van der Waals surface area (Å²) in [7, 11) is 1.58. The SMILES string of the molecule is COc1cc2oc(-c3cn4nc(SC)sc4n3)cc2cc1Cl. The standard InChI is InChI=1S/C14H10ClN3O2S2/c1-19-11-5-10-7(3-8(11)15)4-12(20-10)9-6-18-13(16-9)22-14(17-18)21-2/h3-6H,1-2H3. The summed E-state index contributed by atoms with van der Waals surface area (Å²) in [6.07, 6.45) is 3.86. The van der Waals surface area contributed by atoms with Crippen LogP contribution in [0.4, 0.5) is 0 Å². The molecule has 0 spiro atoms. The first-order chi connectivity index (χ1) is 10.7. The van der Waals surface area contributed by atoms with Crippen molar-refractivity contribution in [1.29, 1.82) is 0 Å². The fourth-order valence-electron chi connectivity index (χ4n) is 2.21. The summed E-state index contributed by atoms with van der Waals surface area (Å²) < 4.78 is 13.8. The van der Waals surface area contributed by atoms with Gasteiger partial charge in [-0.15, -0.1) is 5.10 Å². The van der Waals surface area contributed by atoms with E-state index < -0.39 is 0 Å². The van der Waals surface area contributed by atoms with Crippen LogP contribution in [0.1, 0.15) is 0 Å². The molecule has 0 aliphatic carbocycles. The van der Waals surface area contributed by atoms with E-state index in [-0.39, 0.29) is 0 Å². The second kappa shape index (κ2) is 5.19. The highest BCUT2D eigenvalue weighted by molar-refractivity contribution is 8.00. The molecule has 0 fully saturated rings. The molecule has 112 valence electrons. The Morgan fingerprint density at radius 1 is 1.36 bits per heavy atom. The Morgan fingerprint density at radius 2 is 2.23 bits per heavy atom. The van der Waals surface area contributed by atoms with Crippen molar-refractivity contribution in [3.63, 3.8) is 0 Å². The zero-order valence-electron chi connectivity index (χ0n) is 11.7. The van der Waals surface area contributed by atoms with Crippen molar-refractivity contribution in [3.8, 4) is 17.2 Å². The topological polar surface area (TPSA) is 52.6 Å². The smallest absolute Gasteiger partial charge is 0.213 e. The number of nitrogens with zero attached hydrogens (tertiary/aromatic N) is 3. The van der Waals surface area contributed by atoms with Crippen LogP contribution in [0.5, 0.6) is 5.75 Å². The normalized spacial score (nSPS) is 11.6. The summed E-state index contributed by atoms with van der Waals surface area (Å²) >= 11 is 9.30. The number of fused-ring (bicyclic) bond motifs is 2. The number of ether oxygens (including phenoxy) is 1. The Balaban J connectivity index is 1.82. The zero-order valence-corrected chi connectivity index (χ0v) is 14.1. The van der Waals surface area contributed by atoms with Crippen molar-refractivity contribution in [2.24, 2.45) is 0 Å². The summed E-state index contributed by atoms with van der Waals surface area (Å²) in [6.45, 7) is 0. The van der Waals surface area contributed by atoms with Crippen LogP contribution in [-0.2, 0) is 0 Å². The van der Waals surface area contributed by atoms with Crippen molar-refractivity contribution in [1.82, 2.24) is 14.6 Å². The average molecular weight is 352 g/mol. The first-order valence-electron chi connectivity index (χ1n) is 6.35. The minimum absolute atomic E-state index is 0.555. The van der Waals surface area contributed by atoms with Crippen LogP contribution in [0.3, 0.4) is 0 Å². The molecule has 0 saturated carbocycles. The number of rotatable bonds is 3. The lowest BCUT2D eigenvalue weighted by Gasteiger charge is -2.00. The molecule has 0 atom stereocenters. The van der Waals surface area contributed by atoms with Gasteiger partial charge in [0.2, 0.25) is 4.96 Å². The van der Waals surface area contributed by atoms with Gasteiger partial charge in [-0.1, -0.05) is 34.7 Å². The first-order valence-corrected chi connectivity index (χ1v) is 8.77. The van der Waals surface area contributed by atoms with Gasteiger partial charge in [0.15, 0.2) is 10.1 Å². The van der Waals surface area contributed by atoms with E-state index in [1.54, 1.807) is 40.8 Å². The van der Waals surface area contributed by atoms with Crippen molar-refractivity contribution < 1.29 is 9.15 Å². The molecule has 0 N–H and O–H groups in total. The number of benzene rings is 1. The maximum Gasteiger partial charge on any atom is 0.213 e. The van der Waals surface area contributed by atoms with E-state index in [0.29, 0.717) is 22.1 Å². The monoisotopic (exact) mass is 351 g/mol. The molecule has 0 saturated heterocycles. The largest absolute Gasteiger partial charge is 0.495 e. The predicted octanol–water partition coefficient (Wildman–Crippen LogP) is 4.59. The second-order valence-corrected chi connectivity index (χ2v) is 6.98. The molecule has 0 aliphatic heterocycles. The van der Waals surface area contributed by atoms with Gasteiger partial charge in [-0.25, -0.2) is 9.50 Å². The van der Waals surface area contributed by atoms with Crippen molar-refractivity contribution >= 4 is 50.6 Å². The number of halogens is 1. The van der Waals surface area contributed by atoms with Crippen LogP contribution in [-0.4, -0.2) is 28.0 Å². The third kappa shape index (κ3) is 2.16. The summed E-state index contributed by atoms with van der Waals surface area (Å²) in [6, 6.07) is 5.53. The van der Waals surface area contributed by atoms with Gasteiger partial charge in [0.25, 0.3) is 0 Å². The van der Waals surface area contributed by atoms with Gasteiger partial charge in [0, 0.05) is 11.5 Å². The van der Waals surface area contributed by atoms with Gasteiger partial charge in [0.05, 0.1) is 18.3 Å². The average Bonchev–Trinajstić information content (AvgIpc) is 3.17. The lowest BCUT2D eigenvalue weighted by atomic mass is 10.2. The quantitative estimate of drug-likeness (QED) is 0.505. The number of furan rings is 1. The minimum Gasteiger partial charge on any atom is -0.495 e. The van der Waals surface area contributed by atoms with Crippen molar-refractivity contribution in [2.75, 3.05) is 13.4 Å². The Kier molecular flexibility index (Phi) is 3.28. The van der Waals surface area contributed by atoms with E-state index in [1.807, 2.05) is 24.6 Å². The van der Waals surface area contributed by atoms with Crippen molar-refractivity contribution in [2.45, 2.75) is 4.34 Å². The van der Waals surface area contributed by atoms with Crippen LogP contribution >= 0.6 is 34.7 Å². The fraction of sp³-hybridized carbons (Fsp3) is 0.143. The van der Waals surface area contributed by atoms with Crippen LogP contribution < -0.4 is 4.74 Å². The Morgan fingerprint density at radius 3 is 2.95 bits per heavy atom. The van der Waals surface area contributed by atoms with Gasteiger partial charge >= 0.3 is 0 Å². The molecule has 0 radical (unpaired) electrons. The van der Waals surface area contributed by atoms with Gasteiger partial charge in [-0.2, -0.15) is 0 Å². The number of aromatic nitrogens is 3. The highest BCUT2D eigenvalue weighted by Gasteiger charge is 2.14. The Labute approximate surface area is 138 Å². The van der Waals surface area contributed by atoms with E-state index in [2.05, 4.69) is 10.1 Å². The Hall–Kier alpha value is -1.70. The van der Waals surface area contributed by atoms with E-state index in [0.717, 1.165) is 20.4 Å². The molecule has 5 nitrogen and oxygen atoms in total. The molecular formula is C14H10ClN3O2S2. The number of hydrogen-bond donors (Lipinski definition) is 0. The Bertz CT molecular complexity index is 957. The van der Waals surface area contributed by atoms with E-state index in [9.17, 15) is 0 Å². The maximum absolute atomic E-state index is 6.14. The van der Waals surface area contributed by atoms with Gasteiger partial charge in [-0.05, 0) is 18.4 Å². The third-order valence-corrected chi connectivity index (χ3v) is 5.44. The summed E-state index contributed by atoms with van der Waals surface area (Å²) in [4.78, 5) is 5.40. The number of thioether (sulfide) groups is 1. The molecule has 3 aromatic heterocycles. The zero-order chi connectivity index (χ0) is 15.3. The third-order valence-electron chi connectivity index (χ3n) is 3.24. The number of methoxy groups -OCH3 is 1. The van der Waals surface area contributed by atoms with Crippen LogP contribution in [0.2, 0.25) is 5.02 Å². The fourth-order valence-corrected chi connectivity index (χ4v) is 3.80. The summed E-state index contributed by atoms with van der Waals surface area (Å²) in [5.41, 5.74) is 1.46. The van der Waals surface area contributed by atoms with Gasteiger partial charge < -0.3 is 9.15 Å². The van der Waals surface area contributed by atoms with Crippen molar-refractivity contribution in [3.05, 3.63) is 29.4 Å². The van der Waals surface area contributed by atoms with Crippen LogP contribution in [0.15, 0.2) is 33.2 Å². The number of imidazole rings is 1. The molecule has 0 amide bonds. The predicted molar refractivity (Wildman–Crippen MR) is 89.4 cm³/mol. The van der Waals surface area contributed by atoms with E-state index in [1.165, 1.54) is 0 Å². The van der Waals surface area contributed by atoms with Crippen LogP contribution in [0, 0.1) is 0 Å². The number of hydrogen-bond acceptors (Lipinski definition) is 6. The molecule has 4 rings (SSSR count). The molecular weight excluding hydrogens is 342 g/mol. The molecule has 8 heteroatoms. The molecule has 22 heavy (non-hydrogen) atoms. The summed E-state index contributed by atoms with van der Waals surface area (Å²) in [5, 5.41) is 5.89. The molecule has 3 heterocycles. The molecule has 1 aromatic carbocycles. The molecule has 4 aromatic rings. The van der Waals surface area contributed by atoms with E-state index >= 15 is 0 Å². The molecule has 0 unspecified atom stereocenters. The van der Waals surface area contributed by atoms with Gasteiger partial charge in [0.1, 0.15) is 17.0 Å². The highest BCUT2D eigenvalue weighted by atomic mass is 35.5. The second-order valence-electron chi connectivity index (χ2n) is 4.56. The summed E-state index contributed by atoms with van der Waals surface area (Å²) in [5.74, 6) is 1.27. The van der Waals surface area contributed by atoms with E-state index in [4.69, 9.17) is 20.8 Å². The lowest BCUT2D eigenvalue weighted by Crippen LogP contribution is -1.82. The molecule has 0 aliphatic rings. The highest BCUT2D eigenvalue weighted by Crippen LogP contribution is 2.35. The lowest BCUT2D eigenvalue weighted by molar-refractivity contribution is 0.415.